The van der Waals surface area contributed by atoms with Crippen LogP contribution in [-0.4, -0.2) is 45.7 Å². The first-order chi connectivity index (χ1) is 16.4. The lowest BCUT2D eigenvalue weighted by atomic mass is 9.72. The molecule has 192 valence electrons. The number of unbranched alkanes of at least 4 members (excludes halogenated alkanes) is 4. The number of hydrogen-bond donors (Lipinski definition) is 3. The maximum Gasteiger partial charge on any atom is 0.303 e. The number of aliphatic hydroxyl groups is 2. The van der Waals surface area contributed by atoms with Gasteiger partial charge in [-0.3, -0.25) is 4.79 Å². The number of aryl methyl sites for hydroxylation is 1. The summed E-state index contributed by atoms with van der Waals surface area (Å²) in [5, 5.41) is 30.0. The van der Waals surface area contributed by atoms with Gasteiger partial charge < -0.3 is 24.8 Å². The van der Waals surface area contributed by atoms with Crippen molar-refractivity contribution in [1.82, 2.24) is 0 Å². The van der Waals surface area contributed by atoms with Crippen LogP contribution in [0.2, 0.25) is 0 Å². The third kappa shape index (κ3) is 8.16. The number of carbonyl (C=O) groups is 1. The second kappa shape index (κ2) is 13.3. The Kier molecular flexibility index (Phi) is 10.5. The molecule has 0 spiro atoms. The molecular weight excluding hydrogens is 432 g/mol. The summed E-state index contributed by atoms with van der Waals surface area (Å²) >= 11 is 0. The van der Waals surface area contributed by atoms with Crippen LogP contribution in [0.3, 0.4) is 0 Å². The molecule has 6 nitrogen and oxygen atoms in total. The number of hydrogen-bond acceptors (Lipinski definition) is 6. The molecule has 0 heterocycles. The SMILES string of the molecule is CC(=O)O[C@@]1(CCc2ccc(O)c(OC3CCCC3)c2)CC[C@@H](CCCCCCCO)[C@H](O)C1. The van der Waals surface area contributed by atoms with Gasteiger partial charge in [0.1, 0.15) is 5.60 Å². The molecule has 0 radical (unpaired) electrons. The Hall–Kier alpha value is -1.79. The number of ether oxygens (including phenoxy) is 2. The van der Waals surface area contributed by atoms with Gasteiger partial charge in [0.2, 0.25) is 0 Å². The van der Waals surface area contributed by atoms with Gasteiger partial charge in [0.05, 0.1) is 12.2 Å². The van der Waals surface area contributed by atoms with E-state index in [1.165, 1.54) is 19.8 Å². The van der Waals surface area contributed by atoms with Crippen molar-refractivity contribution in [3.8, 4) is 11.5 Å². The minimum atomic E-state index is -0.646. The number of esters is 1. The van der Waals surface area contributed by atoms with Gasteiger partial charge in [0.15, 0.2) is 11.5 Å². The lowest BCUT2D eigenvalue weighted by Gasteiger charge is -2.42. The Morgan fingerprint density at radius 1 is 1.09 bits per heavy atom. The van der Waals surface area contributed by atoms with Crippen molar-refractivity contribution in [2.45, 2.75) is 121 Å². The molecule has 1 aromatic carbocycles. The molecule has 2 aliphatic rings. The molecule has 6 heteroatoms. The van der Waals surface area contributed by atoms with Crippen molar-refractivity contribution in [1.29, 1.82) is 0 Å². The van der Waals surface area contributed by atoms with Crippen LogP contribution >= 0.6 is 0 Å². The molecule has 1 aromatic rings. The van der Waals surface area contributed by atoms with E-state index >= 15 is 0 Å². The molecule has 0 aliphatic heterocycles. The largest absolute Gasteiger partial charge is 0.504 e. The zero-order valence-corrected chi connectivity index (χ0v) is 20.8. The van der Waals surface area contributed by atoms with Crippen molar-refractivity contribution in [3.63, 3.8) is 0 Å². The van der Waals surface area contributed by atoms with E-state index in [1.807, 2.05) is 12.1 Å². The van der Waals surface area contributed by atoms with Gasteiger partial charge >= 0.3 is 5.97 Å². The highest BCUT2D eigenvalue weighted by atomic mass is 16.6. The molecular formula is C28H44O6. The van der Waals surface area contributed by atoms with E-state index in [0.29, 0.717) is 25.0 Å². The Bertz CT molecular complexity index is 759. The molecule has 0 bridgehead atoms. The number of aromatic hydroxyl groups is 1. The highest BCUT2D eigenvalue weighted by molar-refractivity contribution is 5.66. The predicted octanol–water partition coefficient (Wildman–Crippen LogP) is 5.44. The minimum absolute atomic E-state index is 0.164. The Morgan fingerprint density at radius 2 is 1.82 bits per heavy atom. The highest BCUT2D eigenvalue weighted by Crippen LogP contribution is 2.41. The van der Waals surface area contributed by atoms with Gasteiger partial charge in [-0.2, -0.15) is 0 Å². The van der Waals surface area contributed by atoms with E-state index < -0.39 is 11.7 Å². The fourth-order valence-corrected chi connectivity index (χ4v) is 5.72. The first kappa shape index (κ1) is 26.8. The van der Waals surface area contributed by atoms with Crippen LogP contribution in [0.25, 0.3) is 0 Å². The number of aliphatic hydroxyl groups excluding tert-OH is 2. The van der Waals surface area contributed by atoms with Crippen LogP contribution in [0.1, 0.15) is 102 Å². The van der Waals surface area contributed by atoms with Crippen molar-refractivity contribution in [2.75, 3.05) is 6.61 Å². The number of carbonyl (C=O) groups excluding carboxylic acids is 1. The quantitative estimate of drug-likeness (QED) is 0.259. The van der Waals surface area contributed by atoms with Gasteiger partial charge in [-0.05, 0) is 87.8 Å². The lowest BCUT2D eigenvalue weighted by molar-refractivity contribution is -0.168. The van der Waals surface area contributed by atoms with Crippen molar-refractivity contribution in [2.24, 2.45) is 5.92 Å². The Balaban J connectivity index is 1.55. The van der Waals surface area contributed by atoms with Gasteiger partial charge in [0.25, 0.3) is 0 Å². The predicted molar refractivity (Wildman–Crippen MR) is 132 cm³/mol. The van der Waals surface area contributed by atoms with Crippen LogP contribution in [0, 0.1) is 5.92 Å². The molecule has 0 aromatic heterocycles. The minimum Gasteiger partial charge on any atom is -0.504 e. The number of benzene rings is 1. The van der Waals surface area contributed by atoms with Crippen molar-refractivity contribution < 1.29 is 29.6 Å². The van der Waals surface area contributed by atoms with Gasteiger partial charge in [-0.25, -0.2) is 0 Å². The van der Waals surface area contributed by atoms with Gasteiger partial charge in [-0.15, -0.1) is 0 Å². The summed E-state index contributed by atoms with van der Waals surface area (Å²) < 4.78 is 11.9. The topological polar surface area (TPSA) is 96.2 Å². The van der Waals surface area contributed by atoms with E-state index in [4.69, 9.17) is 14.6 Å². The molecule has 3 N–H and O–H groups in total. The Morgan fingerprint density at radius 3 is 2.53 bits per heavy atom. The molecule has 0 saturated heterocycles. The lowest BCUT2D eigenvalue weighted by Crippen LogP contribution is -2.45. The summed E-state index contributed by atoms with van der Waals surface area (Å²) in [6, 6.07) is 5.50. The zero-order chi connectivity index (χ0) is 24.4. The van der Waals surface area contributed by atoms with E-state index in [1.54, 1.807) is 6.07 Å². The normalized spacial score (nSPS) is 25.4. The summed E-state index contributed by atoms with van der Waals surface area (Å²) in [6.07, 6.45) is 13.8. The van der Waals surface area contributed by atoms with E-state index in [0.717, 1.165) is 69.8 Å². The van der Waals surface area contributed by atoms with Crippen LogP contribution in [0.4, 0.5) is 0 Å². The number of phenolic OH excluding ortho intramolecular Hbond substituents is 1. The molecule has 3 atom stereocenters. The maximum atomic E-state index is 11.9. The highest BCUT2D eigenvalue weighted by Gasteiger charge is 2.42. The van der Waals surface area contributed by atoms with Crippen molar-refractivity contribution in [3.05, 3.63) is 23.8 Å². The third-order valence-corrected chi connectivity index (χ3v) is 7.68. The first-order valence-corrected chi connectivity index (χ1v) is 13.4. The summed E-state index contributed by atoms with van der Waals surface area (Å²) in [5.41, 5.74) is 0.393. The van der Waals surface area contributed by atoms with E-state index in [2.05, 4.69) is 0 Å². The third-order valence-electron chi connectivity index (χ3n) is 7.68. The summed E-state index contributed by atoms with van der Waals surface area (Å²) in [7, 11) is 0. The average molecular weight is 477 g/mol. The molecule has 2 fully saturated rings. The molecule has 2 aliphatic carbocycles. The number of phenols is 1. The van der Waals surface area contributed by atoms with E-state index in [9.17, 15) is 15.0 Å². The van der Waals surface area contributed by atoms with Gasteiger partial charge in [0, 0.05) is 20.0 Å². The van der Waals surface area contributed by atoms with Crippen LogP contribution in [-0.2, 0) is 16.0 Å². The molecule has 3 rings (SSSR count). The number of rotatable bonds is 13. The summed E-state index contributed by atoms with van der Waals surface area (Å²) in [4.78, 5) is 11.9. The molecule has 0 unspecified atom stereocenters. The molecule has 34 heavy (non-hydrogen) atoms. The smallest absolute Gasteiger partial charge is 0.303 e. The standard InChI is InChI=1S/C28H44O6/c1-21(30)34-28(17-15-23(26(32)20-28)9-5-3-2-4-8-18-29)16-14-22-12-13-25(31)27(19-22)33-24-10-6-7-11-24/h12-13,19,23-24,26,29,31-32H,2-11,14-18,20H2,1H3/t23-,26-,28+/m1/s1. The fraction of sp³-hybridized carbons (Fsp3) is 0.750. The monoisotopic (exact) mass is 476 g/mol. The van der Waals surface area contributed by atoms with Crippen LogP contribution in [0.15, 0.2) is 18.2 Å². The summed E-state index contributed by atoms with van der Waals surface area (Å²) in [6.45, 7) is 1.71. The second-order valence-corrected chi connectivity index (χ2v) is 10.5. The molecule has 0 amide bonds. The summed E-state index contributed by atoms with van der Waals surface area (Å²) in [5.74, 6) is 0.651. The van der Waals surface area contributed by atoms with E-state index in [-0.39, 0.29) is 30.3 Å². The average Bonchev–Trinajstić information content (AvgIpc) is 3.31. The zero-order valence-electron chi connectivity index (χ0n) is 20.8. The first-order valence-electron chi connectivity index (χ1n) is 13.4. The fourth-order valence-electron chi connectivity index (χ4n) is 5.72. The maximum absolute atomic E-state index is 11.9. The van der Waals surface area contributed by atoms with Gasteiger partial charge in [-0.1, -0.05) is 31.7 Å². The van der Waals surface area contributed by atoms with Crippen molar-refractivity contribution >= 4 is 5.97 Å². The van der Waals surface area contributed by atoms with Crippen LogP contribution < -0.4 is 4.74 Å². The Labute approximate surface area is 204 Å². The second-order valence-electron chi connectivity index (χ2n) is 10.5. The van der Waals surface area contributed by atoms with Crippen LogP contribution in [0.5, 0.6) is 11.5 Å². The molecule has 2 saturated carbocycles.